The van der Waals surface area contributed by atoms with E-state index in [9.17, 15) is 0 Å². The minimum Gasteiger partial charge on any atom is -0.373 e. The van der Waals surface area contributed by atoms with E-state index in [2.05, 4.69) is 16.4 Å². The van der Waals surface area contributed by atoms with Crippen molar-refractivity contribution in [1.82, 2.24) is 4.98 Å². The second kappa shape index (κ2) is 3.42. The minimum absolute atomic E-state index is 0.473. The molecule has 1 rings (SSSR count). The first-order chi connectivity index (χ1) is 4.88. The molecule has 2 nitrogen and oxygen atoms in total. The Morgan fingerprint density at radius 1 is 1.80 bits per heavy atom. The zero-order valence-electron chi connectivity index (χ0n) is 5.69. The van der Waals surface area contributed by atoms with Crippen LogP contribution in [0.2, 0.25) is 0 Å². The lowest BCUT2D eigenvalue weighted by Gasteiger charge is -2.01. The van der Waals surface area contributed by atoms with E-state index < -0.39 is 0 Å². The SMILES string of the molecule is CNc1nc[c]cc1CCl. The molecule has 1 heterocycles. The first kappa shape index (κ1) is 7.35. The molecular formula is C7H8ClN2. The third kappa shape index (κ3) is 1.39. The fourth-order valence-electron chi connectivity index (χ4n) is 0.718. The number of nitrogens with one attached hydrogen (secondary N) is 1. The first-order valence-corrected chi connectivity index (χ1v) is 3.50. The highest BCUT2D eigenvalue weighted by atomic mass is 35.5. The van der Waals surface area contributed by atoms with E-state index in [4.69, 9.17) is 11.6 Å². The standard InChI is InChI=1S/C7H8ClN2/c1-9-7-6(5-8)3-2-4-10-7/h3-4H,5H2,1H3,(H,9,10). The lowest BCUT2D eigenvalue weighted by atomic mass is 10.3. The van der Waals surface area contributed by atoms with Crippen LogP contribution in [0, 0.1) is 6.07 Å². The van der Waals surface area contributed by atoms with Crippen LogP contribution in [0.4, 0.5) is 5.82 Å². The number of anilines is 1. The number of alkyl halides is 1. The molecule has 1 radical (unpaired) electrons. The van der Waals surface area contributed by atoms with Gasteiger partial charge in [0.2, 0.25) is 0 Å². The van der Waals surface area contributed by atoms with Gasteiger partial charge in [-0.2, -0.15) is 0 Å². The highest BCUT2D eigenvalue weighted by Crippen LogP contribution is 2.11. The first-order valence-electron chi connectivity index (χ1n) is 2.97. The Hall–Kier alpha value is -0.760. The van der Waals surface area contributed by atoms with Gasteiger partial charge < -0.3 is 5.32 Å². The lowest BCUT2D eigenvalue weighted by Crippen LogP contribution is -1.95. The molecule has 53 valence electrons. The molecule has 0 fully saturated rings. The predicted octanol–water partition coefficient (Wildman–Crippen LogP) is 1.66. The summed E-state index contributed by atoms with van der Waals surface area (Å²) in [4.78, 5) is 4.02. The number of hydrogen-bond donors (Lipinski definition) is 1. The van der Waals surface area contributed by atoms with Gasteiger partial charge in [0.1, 0.15) is 5.82 Å². The number of nitrogens with zero attached hydrogens (tertiary/aromatic N) is 1. The van der Waals surface area contributed by atoms with Gasteiger partial charge in [-0.1, -0.05) is 0 Å². The van der Waals surface area contributed by atoms with Gasteiger partial charge in [-0.3, -0.25) is 0 Å². The molecule has 0 aromatic carbocycles. The molecule has 0 aliphatic rings. The Balaban J connectivity index is 2.96. The van der Waals surface area contributed by atoms with Gasteiger partial charge in [0.05, 0.1) is 5.88 Å². The summed E-state index contributed by atoms with van der Waals surface area (Å²) in [6.45, 7) is 0. The van der Waals surface area contributed by atoms with E-state index in [-0.39, 0.29) is 0 Å². The fourth-order valence-corrected chi connectivity index (χ4v) is 0.922. The molecule has 10 heavy (non-hydrogen) atoms. The van der Waals surface area contributed by atoms with Gasteiger partial charge >= 0.3 is 0 Å². The summed E-state index contributed by atoms with van der Waals surface area (Å²) in [5.41, 5.74) is 0.978. The highest BCUT2D eigenvalue weighted by Gasteiger charge is 1.96. The zero-order valence-corrected chi connectivity index (χ0v) is 6.44. The summed E-state index contributed by atoms with van der Waals surface area (Å²) in [5, 5.41) is 2.93. The Kier molecular flexibility index (Phi) is 2.51. The van der Waals surface area contributed by atoms with E-state index in [0.717, 1.165) is 11.4 Å². The van der Waals surface area contributed by atoms with Crippen molar-refractivity contribution in [1.29, 1.82) is 0 Å². The second-order valence-electron chi connectivity index (χ2n) is 1.83. The Labute approximate surface area is 65.2 Å². The number of pyridine rings is 1. The van der Waals surface area contributed by atoms with Gasteiger partial charge in [0.15, 0.2) is 0 Å². The van der Waals surface area contributed by atoms with Crippen molar-refractivity contribution < 1.29 is 0 Å². The molecular weight excluding hydrogens is 148 g/mol. The minimum atomic E-state index is 0.473. The van der Waals surface area contributed by atoms with E-state index in [1.54, 1.807) is 6.20 Å². The van der Waals surface area contributed by atoms with Crippen molar-refractivity contribution in [2.75, 3.05) is 12.4 Å². The van der Waals surface area contributed by atoms with Crippen LogP contribution in [-0.4, -0.2) is 12.0 Å². The maximum atomic E-state index is 5.61. The highest BCUT2D eigenvalue weighted by molar-refractivity contribution is 6.17. The number of hydrogen-bond acceptors (Lipinski definition) is 2. The van der Waals surface area contributed by atoms with Crippen LogP contribution in [-0.2, 0) is 5.88 Å². The van der Waals surface area contributed by atoms with Crippen LogP contribution in [0.3, 0.4) is 0 Å². The van der Waals surface area contributed by atoms with Crippen LogP contribution in [0.1, 0.15) is 5.56 Å². The van der Waals surface area contributed by atoms with E-state index in [0.29, 0.717) is 5.88 Å². The van der Waals surface area contributed by atoms with E-state index in [1.807, 2.05) is 13.1 Å². The molecule has 0 unspecified atom stereocenters. The monoisotopic (exact) mass is 155 g/mol. The summed E-state index contributed by atoms with van der Waals surface area (Å²) < 4.78 is 0. The lowest BCUT2D eigenvalue weighted by molar-refractivity contribution is 1.22. The summed E-state index contributed by atoms with van der Waals surface area (Å²) in [6, 6.07) is 4.68. The molecule has 0 bridgehead atoms. The smallest absolute Gasteiger partial charge is 0.130 e. The molecule has 1 N–H and O–H groups in total. The number of halogens is 1. The van der Waals surface area contributed by atoms with Crippen molar-refractivity contribution in [2.24, 2.45) is 0 Å². The molecule has 0 aliphatic heterocycles. The predicted molar refractivity (Wildman–Crippen MR) is 42.2 cm³/mol. The van der Waals surface area contributed by atoms with Crippen molar-refractivity contribution in [3.63, 3.8) is 0 Å². The van der Waals surface area contributed by atoms with E-state index >= 15 is 0 Å². The van der Waals surface area contributed by atoms with Crippen molar-refractivity contribution in [3.8, 4) is 0 Å². The van der Waals surface area contributed by atoms with Crippen LogP contribution in [0.15, 0.2) is 12.3 Å². The summed E-state index contributed by atoms with van der Waals surface area (Å²) in [6.07, 6.45) is 1.61. The molecule has 0 amide bonds. The summed E-state index contributed by atoms with van der Waals surface area (Å²) in [5.74, 6) is 1.30. The average molecular weight is 156 g/mol. The normalized spacial score (nSPS) is 9.40. The maximum absolute atomic E-state index is 5.61. The van der Waals surface area contributed by atoms with Crippen LogP contribution in [0.5, 0.6) is 0 Å². The molecule has 0 atom stereocenters. The Morgan fingerprint density at radius 2 is 2.60 bits per heavy atom. The number of aromatic nitrogens is 1. The molecule has 0 aliphatic carbocycles. The fraction of sp³-hybridized carbons (Fsp3) is 0.286. The second-order valence-corrected chi connectivity index (χ2v) is 2.09. The summed E-state index contributed by atoms with van der Waals surface area (Å²) in [7, 11) is 1.82. The molecule has 1 aromatic heterocycles. The average Bonchev–Trinajstić information content (AvgIpc) is 2.04. The summed E-state index contributed by atoms with van der Waals surface area (Å²) >= 11 is 5.61. The van der Waals surface area contributed by atoms with Crippen molar-refractivity contribution >= 4 is 17.4 Å². The van der Waals surface area contributed by atoms with Crippen LogP contribution < -0.4 is 5.32 Å². The van der Waals surface area contributed by atoms with E-state index in [1.165, 1.54) is 0 Å². The molecule has 0 spiro atoms. The topological polar surface area (TPSA) is 24.9 Å². The number of rotatable bonds is 2. The third-order valence-electron chi connectivity index (χ3n) is 1.21. The Morgan fingerprint density at radius 3 is 3.10 bits per heavy atom. The van der Waals surface area contributed by atoms with Gasteiger partial charge in [-0.05, 0) is 6.07 Å². The van der Waals surface area contributed by atoms with Gasteiger partial charge in [-0.15, -0.1) is 11.6 Å². The molecule has 3 heteroatoms. The maximum Gasteiger partial charge on any atom is 0.130 e. The zero-order chi connectivity index (χ0) is 7.40. The molecule has 0 saturated carbocycles. The van der Waals surface area contributed by atoms with Crippen molar-refractivity contribution in [3.05, 3.63) is 23.9 Å². The largest absolute Gasteiger partial charge is 0.373 e. The van der Waals surface area contributed by atoms with Crippen molar-refractivity contribution in [2.45, 2.75) is 5.88 Å². The van der Waals surface area contributed by atoms with Gasteiger partial charge in [-0.25, -0.2) is 4.98 Å². The molecule has 1 aromatic rings. The quantitative estimate of drug-likeness (QED) is 0.658. The van der Waals surface area contributed by atoms with Gasteiger partial charge in [0, 0.05) is 24.9 Å². The van der Waals surface area contributed by atoms with Gasteiger partial charge in [0.25, 0.3) is 0 Å². The van der Waals surface area contributed by atoms with Crippen LogP contribution in [0.25, 0.3) is 0 Å². The third-order valence-corrected chi connectivity index (χ3v) is 1.50. The molecule has 0 saturated heterocycles. The Bertz CT molecular complexity index is 190. The van der Waals surface area contributed by atoms with Crippen LogP contribution >= 0.6 is 11.6 Å².